The molecule has 1 fully saturated rings. The van der Waals surface area contributed by atoms with Gasteiger partial charge >= 0.3 is 0 Å². The molecule has 0 aromatic heterocycles. The predicted molar refractivity (Wildman–Crippen MR) is 36.3 cm³/mol. The molecule has 50 valence electrons. The molecule has 0 bridgehead atoms. The second-order valence-corrected chi connectivity index (χ2v) is 2.51. The highest BCUT2D eigenvalue weighted by Crippen LogP contribution is 2.06. The lowest BCUT2D eigenvalue weighted by Gasteiger charge is -2.22. The molecule has 1 rings (SSSR count). The first-order valence-electron chi connectivity index (χ1n) is 3.09. The Morgan fingerprint density at radius 3 is 2.78 bits per heavy atom. The molecule has 1 aliphatic heterocycles. The Morgan fingerprint density at radius 1 is 1.67 bits per heavy atom. The Labute approximate surface area is 55.2 Å². The molecule has 0 saturated carbocycles. The summed E-state index contributed by atoms with van der Waals surface area (Å²) in [4.78, 5) is 12.9. The maximum absolute atomic E-state index is 10.8. The van der Waals surface area contributed by atoms with E-state index in [1.807, 2.05) is 7.05 Å². The van der Waals surface area contributed by atoms with Crippen LogP contribution in [0.2, 0.25) is 0 Å². The maximum Gasteiger partial charge on any atom is 0.160 e. The quantitative estimate of drug-likeness (QED) is 0.438. The minimum absolute atomic E-state index is 0.230. The summed E-state index contributed by atoms with van der Waals surface area (Å²) in [5.74, 6) is 0.230. The summed E-state index contributed by atoms with van der Waals surface area (Å²) in [5, 5.41) is 0. The molecule has 1 heterocycles. The summed E-state index contributed by atoms with van der Waals surface area (Å²) in [5.41, 5.74) is 0.753. The van der Waals surface area contributed by atoms with Crippen LogP contribution in [0.25, 0.3) is 0 Å². The van der Waals surface area contributed by atoms with E-state index >= 15 is 0 Å². The van der Waals surface area contributed by atoms with Crippen molar-refractivity contribution < 1.29 is 4.79 Å². The van der Waals surface area contributed by atoms with Gasteiger partial charge in [-0.05, 0) is 7.05 Å². The molecule has 2 heteroatoms. The summed E-state index contributed by atoms with van der Waals surface area (Å²) in [6.07, 6.45) is 0.648. The molecular weight excluding hydrogens is 114 g/mol. The Hall–Kier alpha value is -0.630. The molecule has 0 amide bonds. The molecular formula is C7H11NO. The van der Waals surface area contributed by atoms with E-state index in [0.717, 1.165) is 18.7 Å². The van der Waals surface area contributed by atoms with Gasteiger partial charge in [-0.15, -0.1) is 0 Å². The van der Waals surface area contributed by atoms with E-state index in [4.69, 9.17) is 0 Å². The van der Waals surface area contributed by atoms with Crippen molar-refractivity contribution in [2.75, 3.05) is 20.1 Å². The van der Waals surface area contributed by atoms with E-state index in [0.29, 0.717) is 6.42 Å². The fourth-order valence-electron chi connectivity index (χ4n) is 0.962. The van der Waals surface area contributed by atoms with E-state index in [9.17, 15) is 4.79 Å². The minimum atomic E-state index is 0.230. The number of hydrogen-bond donors (Lipinski definition) is 0. The zero-order chi connectivity index (χ0) is 6.85. The first-order chi connectivity index (χ1) is 4.20. The second kappa shape index (κ2) is 2.31. The van der Waals surface area contributed by atoms with Crippen LogP contribution in [0.5, 0.6) is 0 Å². The Kier molecular flexibility index (Phi) is 1.67. The summed E-state index contributed by atoms with van der Waals surface area (Å²) < 4.78 is 0. The fourth-order valence-corrected chi connectivity index (χ4v) is 0.962. The smallest absolute Gasteiger partial charge is 0.160 e. The highest BCUT2D eigenvalue weighted by molar-refractivity contribution is 5.95. The predicted octanol–water partition coefficient (Wildman–Crippen LogP) is 0.447. The average Bonchev–Trinajstić information content (AvgIpc) is 1.80. The number of carbonyl (C=O) groups is 1. The van der Waals surface area contributed by atoms with Crippen LogP contribution in [0, 0.1) is 0 Å². The van der Waals surface area contributed by atoms with Gasteiger partial charge in [0.05, 0.1) is 0 Å². The van der Waals surface area contributed by atoms with Gasteiger partial charge in [0.15, 0.2) is 5.78 Å². The van der Waals surface area contributed by atoms with Crippen molar-refractivity contribution in [1.29, 1.82) is 0 Å². The van der Waals surface area contributed by atoms with Gasteiger partial charge in [0.25, 0.3) is 0 Å². The van der Waals surface area contributed by atoms with Crippen molar-refractivity contribution in [3.8, 4) is 0 Å². The molecule has 0 radical (unpaired) electrons. The lowest BCUT2D eigenvalue weighted by molar-refractivity contribution is -0.117. The van der Waals surface area contributed by atoms with Crippen LogP contribution in [0.1, 0.15) is 6.42 Å². The lowest BCUT2D eigenvalue weighted by atomic mass is 10.1. The number of piperidine rings is 1. The third-order valence-corrected chi connectivity index (χ3v) is 1.58. The lowest BCUT2D eigenvalue weighted by Crippen LogP contribution is -2.31. The van der Waals surface area contributed by atoms with Crippen LogP contribution in [0.15, 0.2) is 12.2 Å². The van der Waals surface area contributed by atoms with Gasteiger partial charge in [-0.25, -0.2) is 0 Å². The van der Waals surface area contributed by atoms with Crippen LogP contribution in [-0.2, 0) is 4.79 Å². The van der Waals surface area contributed by atoms with Crippen molar-refractivity contribution in [3.05, 3.63) is 12.2 Å². The number of nitrogens with zero attached hydrogens (tertiary/aromatic N) is 1. The van der Waals surface area contributed by atoms with Gasteiger partial charge in [0.2, 0.25) is 0 Å². The maximum atomic E-state index is 10.8. The van der Waals surface area contributed by atoms with E-state index in [-0.39, 0.29) is 5.78 Å². The summed E-state index contributed by atoms with van der Waals surface area (Å²) in [6, 6.07) is 0. The average molecular weight is 125 g/mol. The third kappa shape index (κ3) is 1.39. The van der Waals surface area contributed by atoms with Gasteiger partial charge in [0.1, 0.15) is 0 Å². The van der Waals surface area contributed by atoms with Gasteiger partial charge in [-0.3, -0.25) is 4.79 Å². The van der Waals surface area contributed by atoms with Crippen LogP contribution in [0.3, 0.4) is 0 Å². The van der Waals surface area contributed by atoms with E-state index in [1.54, 1.807) is 0 Å². The number of ketones is 1. The molecule has 0 aromatic carbocycles. The van der Waals surface area contributed by atoms with Crippen molar-refractivity contribution in [3.63, 3.8) is 0 Å². The second-order valence-electron chi connectivity index (χ2n) is 2.51. The fraction of sp³-hybridized carbons (Fsp3) is 0.571. The standard InChI is InChI=1S/C7H11NO/c1-6-5-8(2)4-3-7(6)9/h1,3-5H2,2H3. The first-order valence-corrected chi connectivity index (χ1v) is 3.09. The van der Waals surface area contributed by atoms with Crippen molar-refractivity contribution in [2.45, 2.75) is 6.42 Å². The normalized spacial score (nSPS) is 22.8. The molecule has 2 nitrogen and oxygen atoms in total. The first kappa shape index (κ1) is 6.49. The van der Waals surface area contributed by atoms with Crippen molar-refractivity contribution >= 4 is 5.78 Å². The van der Waals surface area contributed by atoms with Crippen LogP contribution >= 0.6 is 0 Å². The number of likely N-dealkylation sites (tertiary alicyclic amines) is 1. The number of likely N-dealkylation sites (N-methyl/N-ethyl adjacent to an activating group) is 1. The third-order valence-electron chi connectivity index (χ3n) is 1.58. The molecule has 0 aromatic rings. The Bertz CT molecular complexity index is 151. The van der Waals surface area contributed by atoms with Crippen LogP contribution < -0.4 is 0 Å². The highest BCUT2D eigenvalue weighted by Gasteiger charge is 2.15. The molecule has 0 atom stereocenters. The van der Waals surface area contributed by atoms with Gasteiger partial charge in [-0.1, -0.05) is 6.58 Å². The highest BCUT2D eigenvalue weighted by atomic mass is 16.1. The molecule has 0 aliphatic carbocycles. The van der Waals surface area contributed by atoms with Crippen molar-refractivity contribution in [1.82, 2.24) is 4.90 Å². The number of carbonyl (C=O) groups excluding carboxylic acids is 1. The number of Topliss-reactive ketones (excluding diaryl/α,β-unsaturated/α-hetero) is 1. The Balaban J connectivity index is 2.54. The molecule has 0 N–H and O–H groups in total. The largest absolute Gasteiger partial charge is 0.302 e. The van der Waals surface area contributed by atoms with Crippen LogP contribution in [-0.4, -0.2) is 30.8 Å². The van der Waals surface area contributed by atoms with Gasteiger partial charge in [0, 0.05) is 25.1 Å². The summed E-state index contributed by atoms with van der Waals surface area (Å²) in [7, 11) is 2.00. The van der Waals surface area contributed by atoms with E-state index in [2.05, 4.69) is 11.5 Å². The Morgan fingerprint density at radius 2 is 2.33 bits per heavy atom. The number of hydrogen-bond acceptors (Lipinski definition) is 2. The van der Waals surface area contributed by atoms with Gasteiger partial charge < -0.3 is 4.90 Å². The van der Waals surface area contributed by atoms with Crippen molar-refractivity contribution in [2.24, 2.45) is 0 Å². The van der Waals surface area contributed by atoms with Gasteiger partial charge in [-0.2, -0.15) is 0 Å². The monoisotopic (exact) mass is 125 g/mol. The molecule has 1 saturated heterocycles. The zero-order valence-corrected chi connectivity index (χ0v) is 5.68. The minimum Gasteiger partial charge on any atom is -0.302 e. The SMILES string of the molecule is C=C1CN(C)CCC1=O. The molecule has 9 heavy (non-hydrogen) atoms. The summed E-state index contributed by atoms with van der Waals surface area (Å²) in [6.45, 7) is 5.29. The number of rotatable bonds is 0. The summed E-state index contributed by atoms with van der Waals surface area (Å²) >= 11 is 0. The topological polar surface area (TPSA) is 20.3 Å². The van der Waals surface area contributed by atoms with Crippen LogP contribution in [0.4, 0.5) is 0 Å². The van der Waals surface area contributed by atoms with E-state index in [1.165, 1.54) is 0 Å². The molecule has 0 spiro atoms. The molecule has 1 aliphatic rings. The van der Waals surface area contributed by atoms with E-state index < -0.39 is 0 Å². The zero-order valence-electron chi connectivity index (χ0n) is 5.68. The molecule has 0 unspecified atom stereocenters.